The summed E-state index contributed by atoms with van der Waals surface area (Å²) in [5.41, 5.74) is 3.08. The maximum atomic E-state index is 14.8. The van der Waals surface area contributed by atoms with Crippen molar-refractivity contribution < 1.29 is 19.1 Å². The van der Waals surface area contributed by atoms with Crippen LogP contribution >= 0.6 is 0 Å². The van der Waals surface area contributed by atoms with E-state index in [2.05, 4.69) is 17.0 Å². The molecule has 0 aliphatic carbocycles. The number of nitrogens with zero attached hydrogens (tertiary/aromatic N) is 4. The zero-order valence-electron chi connectivity index (χ0n) is 19.1. The molecule has 1 saturated heterocycles. The Hall–Kier alpha value is -3.29. The van der Waals surface area contributed by atoms with Crippen molar-refractivity contribution in [2.24, 2.45) is 0 Å². The minimum Gasteiger partial charge on any atom is -0.481 e. The minimum absolute atomic E-state index is 0.0522. The predicted octanol–water partition coefficient (Wildman–Crippen LogP) is 4.52. The van der Waals surface area contributed by atoms with Gasteiger partial charge in [0, 0.05) is 36.3 Å². The normalized spacial score (nSPS) is 16.7. The van der Waals surface area contributed by atoms with E-state index in [1.54, 1.807) is 28.8 Å². The number of carbonyl (C=O) groups is 2. The monoisotopic (exact) mass is 452 g/mol. The van der Waals surface area contributed by atoms with Crippen LogP contribution in [0, 0.1) is 5.82 Å². The number of likely N-dealkylation sites (tertiary alicyclic amines) is 1. The number of aliphatic carboxylic acids is 1. The quantitative estimate of drug-likeness (QED) is 0.594. The fourth-order valence-corrected chi connectivity index (χ4v) is 4.43. The van der Waals surface area contributed by atoms with Crippen LogP contribution in [0.4, 0.5) is 4.39 Å². The van der Waals surface area contributed by atoms with E-state index in [4.69, 9.17) is 5.11 Å². The number of carbonyl (C=O) groups excluding carboxylic acids is 1. The van der Waals surface area contributed by atoms with Crippen LogP contribution in [0.3, 0.4) is 0 Å². The second-order valence-corrected chi connectivity index (χ2v) is 8.69. The predicted molar refractivity (Wildman–Crippen MR) is 123 cm³/mol. The SMILES string of the molecule is CCc1cc(C(=O)N2CCCCCC2C)nc2cc(-c3ccc(CCC(=O)O)cc3F)nn12. The molecule has 1 amide bonds. The molecule has 3 aromatic rings. The number of halogens is 1. The molecule has 0 bridgehead atoms. The zero-order valence-corrected chi connectivity index (χ0v) is 19.1. The summed E-state index contributed by atoms with van der Waals surface area (Å²) in [7, 11) is 0. The van der Waals surface area contributed by atoms with E-state index in [9.17, 15) is 14.0 Å². The van der Waals surface area contributed by atoms with E-state index in [0.717, 1.165) is 37.9 Å². The molecule has 1 aromatic carbocycles. The average molecular weight is 453 g/mol. The highest BCUT2D eigenvalue weighted by molar-refractivity contribution is 5.93. The Morgan fingerprint density at radius 2 is 2.00 bits per heavy atom. The van der Waals surface area contributed by atoms with Gasteiger partial charge in [-0.2, -0.15) is 5.10 Å². The minimum atomic E-state index is -0.919. The first-order chi connectivity index (χ1) is 15.9. The van der Waals surface area contributed by atoms with Gasteiger partial charge in [-0.3, -0.25) is 9.59 Å². The number of hydrogen-bond acceptors (Lipinski definition) is 4. The number of fused-ring (bicyclic) bond motifs is 1. The molecule has 3 heterocycles. The first-order valence-corrected chi connectivity index (χ1v) is 11.6. The van der Waals surface area contributed by atoms with E-state index in [-0.39, 0.29) is 24.8 Å². The van der Waals surface area contributed by atoms with E-state index in [1.165, 1.54) is 6.07 Å². The van der Waals surface area contributed by atoms with Gasteiger partial charge in [-0.25, -0.2) is 13.9 Å². The molecular formula is C25H29FN4O3. The van der Waals surface area contributed by atoms with E-state index in [0.29, 0.717) is 34.6 Å². The number of rotatable bonds is 6. The topological polar surface area (TPSA) is 87.8 Å². The Kier molecular flexibility index (Phi) is 6.72. The smallest absolute Gasteiger partial charge is 0.303 e. The number of amides is 1. The van der Waals surface area contributed by atoms with Gasteiger partial charge in [-0.1, -0.05) is 25.8 Å². The molecule has 7 nitrogen and oxygen atoms in total. The fourth-order valence-electron chi connectivity index (χ4n) is 4.43. The van der Waals surface area contributed by atoms with Crippen molar-refractivity contribution in [1.29, 1.82) is 0 Å². The third-order valence-corrected chi connectivity index (χ3v) is 6.33. The molecule has 2 aromatic heterocycles. The van der Waals surface area contributed by atoms with Crippen molar-refractivity contribution in [2.45, 2.75) is 64.8 Å². The standard InChI is InChI=1S/C25H29FN4O3/c1-3-18-14-22(25(33)29-12-6-4-5-7-16(29)2)27-23-15-21(28-30(18)23)19-10-8-17(13-20(19)26)9-11-24(31)32/h8,10,13-16H,3-7,9,11-12H2,1-2H3,(H,31,32). The molecule has 0 radical (unpaired) electrons. The van der Waals surface area contributed by atoms with Crippen LogP contribution in [0.5, 0.6) is 0 Å². The number of carboxylic acids is 1. The second kappa shape index (κ2) is 9.68. The summed E-state index contributed by atoms with van der Waals surface area (Å²) in [5, 5.41) is 13.4. The molecule has 174 valence electrons. The van der Waals surface area contributed by atoms with E-state index >= 15 is 0 Å². The highest BCUT2D eigenvalue weighted by Gasteiger charge is 2.25. The third-order valence-electron chi connectivity index (χ3n) is 6.33. The molecule has 1 atom stereocenters. The lowest BCUT2D eigenvalue weighted by Gasteiger charge is -2.27. The first kappa shape index (κ1) is 22.9. The van der Waals surface area contributed by atoms with Gasteiger partial charge in [0.15, 0.2) is 5.65 Å². The summed E-state index contributed by atoms with van der Waals surface area (Å²) in [5.74, 6) is -1.45. The lowest BCUT2D eigenvalue weighted by molar-refractivity contribution is -0.136. The van der Waals surface area contributed by atoms with Crippen LogP contribution in [-0.4, -0.2) is 49.1 Å². The summed E-state index contributed by atoms with van der Waals surface area (Å²) in [4.78, 5) is 30.6. The summed E-state index contributed by atoms with van der Waals surface area (Å²) < 4.78 is 16.5. The maximum absolute atomic E-state index is 14.8. The molecular weight excluding hydrogens is 423 g/mol. The van der Waals surface area contributed by atoms with Crippen molar-refractivity contribution in [1.82, 2.24) is 19.5 Å². The van der Waals surface area contributed by atoms with Crippen molar-refractivity contribution in [3.05, 3.63) is 53.1 Å². The van der Waals surface area contributed by atoms with Crippen molar-refractivity contribution in [3.63, 3.8) is 0 Å². The maximum Gasteiger partial charge on any atom is 0.303 e. The Morgan fingerprint density at radius 3 is 2.73 bits per heavy atom. The average Bonchev–Trinajstić information content (AvgIpc) is 3.10. The summed E-state index contributed by atoms with van der Waals surface area (Å²) in [6.07, 6.45) is 5.11. The van der Waals surface area contributed by atoms with Gasteiger partial charge in [-0.05, 0) is 56.4 Å². The van der Waals surface area contributed by atoms with Gasteiger partial charge in [-0.15, -0.1) is 0 Å². The van der Waals surface area contributed by atoms with Gasteiger partial charge >= 0.3 is 5.97 Å². The highest BCUT2D eigenvalue weighted by atomic mass is 19.1. The van der Waals surface area contributed by atoms with Gasteiger partial charge in [0.25, 0.3) is 5.91 Å². The van der Waals surface area contributed by atoms with Crippen molar-refractivity contribution in [2.75, 3.05) is 6.54 Å². The molecule has 4 rings (SSSR count). The number of hydrogen-bond donors (Lipinski definition) is 1. The Bertz CT molecular complexity index is 1190. The second-order valence-electron chi connectivity index (χ2n) is 8.69. The van der Waals surface area contributed by atoms with Crippen LogP contribution in [0.15, 0.2) is 30.3 Å². The van der Waals surface area contributed by atoms with Crippen LogP contribution in [0.1, 0.15) is 67.7 Å². The van der Waals surface area contributed by atoms with Crippen LogP contribution in [-0.2, 0) is 17.6 Å². The van der Waals surface area contributed by atoms with Crippen LogP contribution in [0.2, 0.25) is 0 Å². The number of benzene rings is 1. The summed E-state index contributed by atoms with van der Waals surface area (Å²) in [6, 6.07) is 8.34. The summed E-state index contributed by atoms with van der Waals surface area (Å²) in [6.45, 7) is 4.80. The van der Waals surface area contributed by atoms with Crippen LogP contribution in [0.25, 0.3) is 16.9 Å². The number of aromatic nitrogens is 3. The zero-order chi connectivity index (χ0) is 23.5. The van der Waals surface area contributed by atoms with Gasteiger partial charge in [0.1, 0.15) is 11.5 Å². The highest BCUT2D eigenvalue weighted by Crippen LogP contribution is 2.26. The molecule has 0 saturated carbocycles. The van der Waals surface area contributed by atoms with Crippen molar-refractivity contribution >= 4 is 17.5 Å². The molecule has 1 N–H and O–H groups in total. The Balaban J connectivity index is 1.68. The van der Waals surface area contributed by atoms with Gasteiger partial charge in [0.2, 0.25) is 0 Å². The molecule has 1 aliphatic heterocycles. The molecule has 1 fully saturated rings. The largest absolute Gasteiger partial charge is 0.481 e. The lowest BCUT2D eigenvalue weighted by Crippen LogP contribution is -2.38. The van der Waals surface area contributed by atoms with Gasteiger partial charge in [0.05, 0.1) is 5.69 Å². The van der Waals surface area contributed by atoms with Gasteiger partial charge < -0.3 is 10.0 Å². The first-order valence-electron chi connectivity index (χ1n) is 11.6. The fraction of sp³-hybridized carbons (Fsp3) is 0.440. The lowest BCUT2D eigenvalue weighted by atomic mass is 10.0. The molecule has 1 unspecified atom stereocenters. The number of aryl methyl sites for hydroxylation is 2. The Labute approximate surface area is 192 Å². The Morgan fingerprint density at radius 1 is 1.18 bits per heavy atom. The molecule has 0 spiro atoms. The molecule has 33 heavy (non-hydrogen) atoms. The third kappa shape index (κ3) is 4.89. The van der Waals surface area contributed by atoms with E-state index < -0.39 is 11.8 Å². The summed E-state index contributed by atoms with van der Waals surface area (Å²) >= 11 is 0. The van der Waals surface area contributed by atoms with Crippen LogP contribution < -0.4 is 0 Å². The molecule has 8 heteroatoms. The van der Waals surface area contributed by atoms with E-state index in [1.807, 2.05) is 11.8 Å². The molecule has 1 aliphatic rings. The number of carboxylic acid groups (broad SMARTS) is 1. The van der Waals surface area contributed by atoms with Crippen molar-refractivity contribution in [3.8, 4) is 11.3 Å².